The highest BCUT2D eigenvalue weighted by Crippen LogP contribution is 2.20. The number of rotatable bonds is 5. The molecule has 0 unspecified atom stereocenters. The van der Waals surface area contributed by atoms with Gasteiger partial charge in [-0.1, -0.05) is 36.4 Å². The quantitative estimate of drug-likeness (QED) is 0.609. The smallest absolute Gasteiger partial charge is 0.248 e. The van der Waals surface area contributed by atoms with Gasteiger partial charge in [0, 0.05) is 6.54 Å². The fourth-order valence-corrected chi connectivity index (χ4v) is 2.96. The van der Waals surface area contributed by atoms with Gasteiger partial charge >= 0.3 is 0 Å². The van der Waals surface area contributed by atoms with E-state index < -0.39 is 0 Å². The van der Waals surface area contributed by atoms with E-state index in [1.165, 1.54) is 0 Å². The van der Waals surface area contributed by atoms with Crippen molar-refractivity contribution < 1.29 is 4.79 Å². The molecule has 0 radical (unpaired) electrons. The fraction of sp³-hybridized carbons (Fsp3) is 0.222. The van der Waals surface area contributed by atoms with Crippen molar-refractivity contribution in [1.29, 1.82) is 0 Å². The van der Waals surface area contributed by atoms with Gasteiger partial charge in [-0.25, -0.2) is 9.67 Å². The van der Waals surface area contributed by atoms with Crippen molar-refractivity contribution in [3.63, 3.8) is 0 Å². The number of hydrogen-bond donors (Lipinski definition) is 1. The van der Waals surface area contributed by atoms with E-state index in [1.54, 1.807) is 4.68 Å². The fourth-order valence-electron chi connectivity index (χ4n) is 2.96. The van der Waals surface area contributed by atoms with Crippen molar-refractivity contribution in [2.24, 2.45) is 0 Å². The maximum atomic E-state index is 12.5. The molecule has 7 heteroatoms. The third kappa shape index (κ3) is 2.84. The first-order valence-electron chi connectivity index (χ1n) is 8.29. The summed E-state index contributed by atoms with van der Waals surface area (Å²) < 4.78 is 3.63. The molecule has 2 aromatic heterocycles. The van der Waals surface area contributed by atoms with Crippen LogP contribution in [0.1, 0.15) is 13.3 Å². The second kappa shape index (κ2) is 6.35. The van der Waals surface area contributed by atoms with Crippen LogP contribution in [0.3, 0.4) is 0 Å². The molecule has 0 aliphatic carbocycles. The Labute approximate surface area is 144 Å². The van der Waals surface area contributed by atoms with E-state index in [4.69, 9.17) is 0 Å². The maximum Gasteiger partial charge on any atom is 0.248 e. The average molecular weight is 334 g/mol. The Morgan fingerprint density at radius 2 is 1.76 bits per heavy atom. The molecule has 0 aliphatic rings. The molecule has 0 bridgehead atoms. The standard InChI is InChI=1S/C18H18N6O/c1-2-11-23-15-9-5-3-7-13(15)19-18(23)20-17(25)12-24-16-10-6-4-8-14(16)21-22-24/h3-10H,2,11-12H2,1H3,(H,19,20,25). The minimum atomic E-state index is -0.177. The Balaban J connectivity index is 1.60. The van der Waals surface area contributed by atoms with Gasteiger partial charge in [0.1, 0.15) is 12.1 Å². The number of aromatic nitrogens is 5. The highest BCUT2D eigenvalue weighted by atomic mass is 16.2. The number of hydrogen-bond acceptors (Lipinski definition) is 4. The van der Waals surface area contributed by atoms with E-state index in [1.807, 2.05) is 53.1 Å². The zero-order chi connectivity index (χ0) is 17.2. The summed E-state index contributed by atoms with van der Waals surface area (Å²) in [4.78, 5) is 17.1. The molecule has 0 spiro atoms. The number of amides is 1. The topological polar surface area (TPSA) is 77.6 Å². The first-order chi connectivity index (χ1) is 12.3. The van der Waals surface area contributed by atoms with Crippen molar-refractivity contribution in [2.75, 3.05) is 5.32 Å². The predicted molar refractivity (Wildman–Crippen MR) is 96.2 cm³/mol. The number of imidazole rings is 1. The van der Waals surface area contributed by atoms with Gasteiger partial charge in [-0.3, -0.25) is 10.1 Å². The molecule has 126 valence electrons. The normalized spacial score (nSPS) is 11.2. The Hall–Kier alpha value is -3.22. The van der Waals surface area contributed by atoms with E-state index in [2.05, 4.69) is 27.5 Å². The van der Waals surface area contributed by atoms with Gasteiger partial charge in [0.15, 0.2) is 0 Å². The monoisotopic (exact) mass is 334 g/mol. The number of carbonyl (C=O) groups excluding carboxylic acids is 1. The number of para-hydroxylation sites is 3. The lowest BCUT2D eigenvalue weighted by molar-refractivity contribution is -0.116. The van der Waals surface area contributed by atoms with Crippen LogP contribution in [0.15, 0.2) is 48.5 Å². The van der Waals surface area contributed by atoms with E-state index in [9.17, 15) is 4.79 Å². The zero-order valence-corrected chi connectivity index (χ0v) is 13.9. The van der Waals surface area contributed by atoms with Crippen LogP contribution in [0.4, 0.5) is 5.95 Å². The Morgan fingerprint density at radius 3 is 2.56 bits per heavy atom. The number of aryl methyl sites for hydroxylation is 1. The van der Waals surface area contributed by atoms with Crippen LogP contribution < -0.4 is 5.32 Å². The van der Waals surface area contributed by atoms with Crippen molar-refractivity contribution >= 4 is 33.9 Å². The van der Waals surface area contributed by atoms with Crippen molar-refractivity contribution in [3.8, 4) is 0 Å². The SMILES string of the molecule is CCCn1c(NC(=O)Cn2nnc3ccccc32)nc2ccccc21. The summed E-state index contributed by atoms with van der Waals surface area (Å²) in [6, 6.07) is 15.4. The van der Waals surface area contributed by atoms with Gasteiger partial charge in [-0.2, -0.15) is 0 Å². The van der Waals surface area contributed by atoms with Crippen LogP contribution >= 0.6 is 0 Å². The van der Waals surface area contributed by atoms with Crippen molar-refractivity contribution in [3.05, 3.63) is 48.5 Å². The zero-order valence-electron chi connectivity index (χ0n) is 13.9. The second-order valence-electron chi connectivity index (χ2n) is 5.86. The minimum absolute atomic E-state index is 0.0931. The lowest BCUT2D eigenvalue weighted by Crippen LogP contribution is -2.21. The van der Waals surface area contributed by atoms with Crippen molar-refractivity contribution in [1.82, 2.24) is 24.5 Å². The second-order valence-corrected chi connectivity index (χ2v) is 5.86. The van der Waals surface area contributed by atoms with Crippen LogP contribution in [0.5, 0.6) is 0 Å². The van der Waals surface area contributed by atoms with E-state index in [0.717, 1.165) is 35.0 Å². The molecule has 1 amide bonds. The summed E-state index contributed by atoms with van der Waals surface area (Å²) in [5.41, 5.74) is 3.50. The van der Waals surface area contributed by atoms with Gasteiger partial charge in [0.2, 0.25) is 11.9 Å². The van der Waals surface area contributed by atoms with Crippen LogP contribution in [0.2, 0.25) is 0 Å². The maximum absolute atomic E-state index is 12.5. The number of fused-ring (bicyclic) bond motifs is 2. The average Bonchev–Trinajstić information content (AvgIpc) is 3.18. The van der Waals surface area contributed by atoms with Crippen LogP contribution in [-0.2, 0) is 17.9 Å². The first kappa shape index (κ1) is 15.3. The third-order valence-corrected chi connectivity index (χ3v) is 4.07. The molecule has 4 aromatic rings. The molecule has 0 saturated heterocycles. The molecule has 25 heavy (non-hydrogen) atoms. The number of anilines is 1. The first-order valence-corrected chi connectivity index (χ1v) is 8.29. The molecule has 7 nitrogen and oxygen atoms in total. The molecule has 0 aliphatic heterocycles. The van der Waals surface area contributed by atoms with Gasteiger partial charge in [-0.15, -0.1) is 5.10 Å². The van der Waals surface area contributed by atoms with Gasteiger partial charge in [-0.05, 0) is 30.7 Å². The summed E-state index contributed by atoms with van der Waals surface area (Å²) in [5, 5.41) is 11.0. The largest absolute Gasteiger partial charge is 0.310 e. The highest BCUT2D eigenvalue weighted by Gasteiger charge is 2.14. The van der Waals surface area contributed by atoms with Crippen LogP contribution in [0.25, 0.3) is 22.1 Å². The summed E-state index contributed by atoms with van der Waals surface area (Å²) in [6.07, 6.45) is 0.955. The van der Waals surface area contributed by atoms with Gasteiger partial charge in [0.05, 0.1) is 16.6 Å². The van der Waals surface area contributed by atoms with Crippen LogP contribution in [-0.4, -0.2) is 30.5 Å². The number of nitrogens with one attached hydrogen (secondary N) is 1. The van der Waals surface area contributed by atoms with Gasteiger partial charge in [0.25, 0.3) is 0 Å². The molecule has 1 N–H and O–H groups in total. The molecular weight excluding hydrogens is 316 g/mol. The number of nitrogens with zero attached hydrogens (tertiary/aromatic N) is 5. The molecule has 0 atom stereocenters. The molecular formula is C18H18N6O. The highest BCUT2D eigenvalue weighted by molar-refractivity contribution is 5.92. The number of benzene rings is 2. The molecule has 2 heterocycles. The lowest BCUT2D eigenvalue weighted by atomic mass is 10.3. The molecule has 0 fully saturated rings. The summed E-state index contributed by atoms with van der Waals surface area (Å²) in [5.74, 6) is 0.390. The van der Waals surface area contributed by atoms with E-state index >= 15 is 0 Å². The Bertz CT molecular complexity index is 1050. The molecule has 4 rings (SSSR count). The van der Waals surface area contributed by atoms with E-state index in [-0.39, 0.29) is 12.5 Å². The molecule has 2 aromatic carbocycles. The summed E-state index contributed by atoms with van der Waals surface area (Å²) in [6.45, 7) is 2.99. The third-order valence-electron chi connectivity index (χ3n) is 4.07. The number of carbonyl (C=O) groups is 1. The Kier molecular flexibility index (Phi) is 3.89. The van der Waals surface area contributed by atoms with Crippen molar-refractivity contribution in [2.45, 2.75) is 26.4 Å². The predicted octanol–water partition coefficient (Wildman–Crippen LogP) is 2.83. The van der Waals surface area contributed by atoms with Gasteiger partial charge < -0.3 is 4.57 Å². The lowest BCUT2D eigenvalue weighted by Gasteiger charge is -2.09. The Morgan fingerprint density at radius 1 is 1.04 bits per heavy atom. The molecule has 0 saturated carbocycles. The van der Waals surface area contributed by atoms with E-state index in [0.29, 0.717) is 5.95 Å². The minimum Gasteiger partial charge on any atom is -0.310 e. The summed E-state index contributed by atoms with van der Waals surface area (Å²) in [7, 11) is 0. The summed E-state index contributed by atoms with van der Waals surface area (Å²) >= 11 is 0. The van der Waals surface area contributed by atoms with Crippen LogP contribution in [0, 0.1) is 0 Å².